The minimum atomic E-state index is -0.117. The van der Waals surface area contributed by atoms with Crippen molar-refractivity contribution in [3.63, 3.8) is 0 Å². The molecule has 0 aromatic rings. The molecule has 5 nitrogen and oxygen atoms in total. The number of hydrogen-bond acceptors (Lipinski definition) is 3. The second-order valence-electron chi connectivity index (χ2n) is 5.08. The van der Waals surface area contributed by atoms with E-state index in [1.165, 1.54) is 0 Å². The van der Waals surface area contributed by atoms with Crippen LogP contribution in [-0.2, 0) is 4.74 Å². The van der Waals surface area contributed by atoms with Crippen LogP contribution in [0.15, 0.2) is 0 Å². The average Bonchev–Trinajstić information content (AvgIpc) is 2.29. The first-order valence-corrected chi connectivity index (χ1v) is 6.56. The molecule has 2 aliphatic rings. The smallest absolute Gasteiger partial charge is 0.317 e. The maximum Gasteiger partial charge on any atom is 0.317 e. The van der Waals surface area contributed by atoms with Crippen molar-refractivity contribution < 1.29 is 9.53 Å². The molecule has 2 rings (SSSR count). The van der Waals surface area contributed by atoms with Crippen molar-refractivity contribution >= 4 is 6.03 Å². The highest BCUT2D eigenvalue weighted by molar-refractivity contribution is 5.74. The van der Waals surface area contributed by atoms with Gasteiger partial charge in [0.25, 0.3) is 0 Å². The van der Waals surface area contributed by atoms with Gasteiger partial charge in [-0.2, -0.15) is 0 Å². The highest BCUT2D eigenvalue weighted by Crippen LogP contribution is 2.30. The Morgan fingerprint density at radius 3 is 2.88 bits per heavy atom. The number of urea groups is 1. The average molecular weight is 241 g/mol. The number of rotatable bonds is 1. The lowest BCUT2D eigenvalue weighted by Crippen LogP contribution is -2.61. The Morgan fingerprint density at radius 2 is 2.24 bits per heavy atom. The molecule has 1 atom stereocenters. The van der Waals surface area contributed by atoms with Crippen molar-refractivity contribution in [1.82, 2.24) is 15.5 Å². The first-order valence-electron chi connectivity index (χ1n) is 6.56. The Labute approximate surface area is 103 Å². The fourth-order valence-corrected chi connectivity index (χ4v) is 2.80. The summed E-state index contributed by atoms with van der Waals surface area (Å²) in [5.41, 5.74) is -0.117. The zero-order chi connectivity index (χ0) is 12.3. The quantitative estimate of drug-likeness (QED) is 0.705. The predicted octanol–water partition coefficient (Wildman–Crippen LogP) is 0.559. The van der Waals surface area contributed by atoms with Crippen LogP contribution in [-0.4, -0.2) is 55.4 Å². The lowest BCUT2D eigenvalue weighted by atomic mass is 9.89. The van der Waals surface area contributed by atoms with Gasteiger partial charge in [-0.25, -0.2) is 4.79 Å². The summed E-state index contributed by atoms with van der Waals surface area (Å²) in [7, 11) is 0. The molecule has 0 aliphatic carbocycles. The molecule has 2 N–H and O–H groups in total. The Balaban J connectivity index is 2.02. The van der Waals surface area contributed by atoms with E-state index in [4.69, 9.17) is 4.74 Å². The molecule has 98 valence electrons. The first-order chi connectivity index (χ1) is 8.15. The molecule has 2 fully saturated rings. The normalized spacial score (nSPS) is 28.1. The maximum absolute atomic E-state index is 11.9. The SMILES string of the molecule is CCNC(=O)N1CC(C)OC2(CCNCC2)C1. The van der Waals surface area contributed by atoms with E-state index in [-0.39, 0.29) is 17.7 Å². The van der Waals surface area contributed by atoms with Gasteiger partial charge in [-0.1, -0.05) is 0 Å². The summed E-state index contributed by atoms with van der Waals surface area (Å²) in [5, 5.41) is 6.21. The van der Waals surface area contributed by atoms with Crippen molar-refractivity contribution in [3.05, 3.63) is 0 Å². The molecule has 0 radical (unpaired) electrons. The number of morpholine rings is 1. The molecule has 2 amide bonds. The predicted molar refractivity (Wildman–Crippen MR) is 66.0 cm³/mol. The number of carbonyl (C=O) groups excluding carboxylic acids is 1. The summed E-state index contributed by atoms with van der Waals surface area (Å²) < 4.78 is 6.11. The lowest BCUT2D eigenvalue weighted by molar-refractivity contribution is -0.150. The van der Waals surface area contributed by atoms with Crippen LogP contribution in [0.5, 0.6) is 0 Å². The monoisotopic (exact) mass is 241 g/mol. The Morgan fingerprint density at radius 1 is 1.53 bits per heavy atom. The molecule has 1 spiro atoms. The Kier molecular flexibility index (Phi) is 3.89. The minimum Gasteiger partial charge on any atom is -0.368 e. The Hall–Kier alpha value is -0.810. The third-order valence-corrected chi connectivity index (χ3v) is 3.54. The zero-order valence-electron chi connectivity index (χ0n) is 10.8. The van der Waals surface area contributed by atoms with Gasteiger partial charge in [0.15, 0.2) is 0 Å². The van der Waals surface area contributed by atoms with Crippen LogP contribution in [0.2, 0.25) is 0 Å². The summed E-state index contributed by atoms with van der Waals surface area (Å²) in [6.07, 6.45) is 2.12. The van der Waals surface area contributed by atoms with Gasteiger partial charge in [0.1, 0.15) is 0 Å². The topological polar surface area (TPSA) is 53.6 Å². The summed E-state index contributed by atoms with van der Waals surface area (Å²) in [5.74, 6) is 0. The Bertz CT molecular complexity index is 277. The lowest BCUT2D eigenvalue weighted by Gasteiger charge is -2.47. The standard InChI is InChI=1S/C12H23N3O2/c1-3-14-11(16)15-8-10(2)17-12(9-15)4-6-13-7-5-12/h10,13H,3-9H2,1-2H3,(H,14,16). The fourth-order valence-electron chi connectivity index (χ4n) is 2.80. The van der Waals surface area contributed by atoms with Gasteiger partial charge >= 0.3 is 6.03 Å². The van der Waals surface area contributed by atoms with Gasteiger partial charge in [0.2, 0.25) is 0 Å². The third-order valence-electron chi connectivity index (χ3n) is 3.54. The van der Waals surface area contributed by atoms with Crippen LogP contribution in [0.4, 0.5) is 4.79 Å². The van der Waals surface area contributed by atoms with Crippen LogP contribution in [0.3, 0.4) is 0 Å². The van der Waals surface area contributed by atoms with Crippen LogP contribution in [0, 0.1) is 0 Å². The van der Waals surface area contributed by atoms with Crippen LogP contribution >= 0.6 is 0 Å². The van der Waals surface area contributed by atoms with E-state index in [2.05, 4.69) is 17.6 Å². The summed E-state index contributed by atoms with van der Waals surface area (Å²) in [6.45, 7) is 8.06. The van der Waals surface area contributed by atoms with Crippen molar-refractivity contribution in [2.24, 2.45) is 0 Å². The molecule has 0 saturated carbocycles. The number of hydrogen-bond donors (Lipinski definition) is 2. The van der Waals surface area contributed by atoms with Crippen LogP contribution in [0.1, 0.15) is 26.7 Å². The molecular formula is C12H23N3O2. The molecule has 1 unspecified atom stereocenters. The van der Waals surface area contributed by atoms with E-state index in [0.717, 1.165) is 32.5 Å². The third kappa shape index (κ3) is 2.90. The van der Waals surface area contributed by atoms with E-state index in [0.29, 0.717) is 13.1 Å². The van der Waals surface area contributed by atoms with Crippen LogP contribution in [0.25, 0.3) is 0 Å². The number of carbonyl (C=O) groups is 1. The molecule has 2 saturated heterocycles. The molecule has 2 aliphatic heterocycles. The summed E-state index contributed by atoms with van der Waals surface area (Å²) >= 11 is 0. The largest absolute Gasteiger partial charge is 0.368 e. The first kappa shape index (κ1) is 12.6. The van der Waals surface area contributed by atoms with Crippen molar-refractivity contribution in [1.29, 1.82) is 0 Å². The molecule has 0 aromatic carbocycles. The highest BCUT2D eigenvalue weighted by atomic mass is 16.5. The molecule has 0 bridgehead atoms. The zero-order valence-corrected chi connectivity index (χ0v) is 10.8. The van der Waals surface area contributed by atoms with Gasteiger partial charge in [0, 0.05) is 13.1 Å². The number of nitrogens with zero attached hydrogens (tertiary/aromatic N) is 1. The van der Waals surface area contributed by atoms with E-state index < -0.39 is 0 Å². The summed E-state index contributed by atoms with van der Waals surface area (Å²) in [6, 6.07) is 0.0422. The van der Waals surface area contributed by atoms with Crippen molar-refractivity contribution in [2.75, 3.05) is 32.7 Å². The van der Waals surface area contributed by atoms with Gasteiger partial charge < -0.3 is 20.3 Å². The van der Waals surface area contributed by atoms with Crippen molar-refractivity contribution in [3.8, 4) is 0 Å². The molecule has 5 heteroatoms. The van der Waals surface area contributed by atoms with Crippen molar-refractivity contribution in [2.45, 2.75) is 38.4 Å². The van der Waals surface area contributed by atoms with Gasteiger partial charge in [-0.3, -0.25) is 0 Å². The number of amides is 2. The van der Waals surface area contributed by atoms with Gasteiger partial charge in [-0.05, 0) is 39.8 Å². The fraction of sp³-hybridized carbons (Fsp3) is 0.917. The van der Waals surface area contributed by atoms with Gasteiger partial charge in [-0.15, -0.1) is 0 Å². The van der Waals surface area contributed by atoms with E-state index in [1.54, 1.807) is 0 Å². The number of ether oxygens (including phenoxy) is 1. The number of nitrogens with one attached hydrogen (secondary N) is 2. The maximum atomic E-state index is 11.9. The second-order valence-corrected chi connectivity index (χ2v) is 5.08. The van der Waals surface area contributed by atoms with E-state index in [1.807, 2.05) is 11.8 Å². The second kappa shape index (κ2) is 5.23. The van der Waals surface area contributed by atoms with Crippen LogP contribution < -0.4 is 10.6 Å². The molecular weight excluding hydrogens is 218 g/mol. The van der Waals surface area contributed by atoms with Gasteiger partial charge in [0.05, 0.1) is 18.2 Å². The van der Waals surface area contributed by atoms with E-state index in [9.17, 15) is 4.79 Å². The number of piperidine rings is 1. The van der Waals surface area contributed by atoms with E-state index >= 15 is 0 Å². The minimum absolute atomic E-state index is 0.0422. The highest BCUT2D eigenvalue weighted by Gasteiger charge is 2.41. The molecule has 0 aromatic heterocycles. The molecule has 17 heavy (non-hydrogen) atoms. The summed E-state index contributed by atoms with van der Waals surface area (Å²) in [4.78, 5) is 13.8. The molecule has 2 heterocycles.